The Morgan fingerprint density at radius 1 is 1.47 bits per heavy atom. The predicted molar refractivity (Wildman–Crippen MR) is 72.4 cm³/mol. The van der Waals surface area contributed by atoms with Crippen LogP contribution >= 0.6 is 0 Å². The van der Waals surface area contributed by atoms with Crippen molar-refractivity contribution >= 4 is 0 Å². The molecule has 0 heterocycles. The molecule has 0 saturated heterocycles. The fraction of sp³-hybridized carbons (Fsp3) is 0.429. The molecule has 1 atom stereocenters. The number of hydrogen-bond donors (Lipinski definition) is 2. The van der Waals surface area contributed by atoms with Gasteiger partial charge in [-0.1, -0.05) is 24.3 Å². The normalized spacial score (nSPS) is 14.1. The summed E-state index contributed by atoms with van der Waals surface area (Å²) in [7, 11) is 1.69. The average molecular weight is 234 g/mol. The highest BCUT2D eigenvalue weighted by Crippen LogP contribution is 2.22. The topological polar surface area (TPSA) is 47.3 Å². The zero-order chi connectivity index (χ0) is 12.7. The van der Waals surface area contributed by atoms with Gasteiger partial charge in [-0.2, -0.15) is 0 Å². The Balaban J connectivity index is 2.82. The summed E-state index contributed by atoms with van der Waals surface area (Å²) in [5.74, 6) is 0.910. The van der Waals surface area contributed by atoms with Gasteiger partial charge < -0.3 is 15.8 Å². The maximum atomic E-state index is 5.85. The number of rotatable bonds is 7. The lowest BCUT2D eigenvalue weighted by atomic mass is 9.92. The highest BCUT2D eigenvalue weighted by atomic mass is 16.5. The molecule has 1 aromatic carbocycles. The Morgan fingerprint density at radius 3 is 2.76 bits per heavy atom. The van der Waals surface area contributed by atoms with E-state index in [1.807, 2.05) is 24.3 Å². The smallest absolute Gasteiger partial charge is 0.122 e. The fourth-order valence-corrected chi connectivity index (χ4v) is 1.79. The molecule has 0 aliphatic carbocycles. The zero-order valence-electron chi connectivity index (χ0n) is 10.7. The first-order valence-corrected chi connectivity index (χ1v) is 5.83. The molecule has 0 aromatic heterocycles. The maximum absolute atomic E-state index is 5.85. The Labute approximate surface area is 104 Å². The van der Waals surface area contributed by atoms with Gasteiger partial charge in [0, 0.05) is 18.6 Å². The van der Waals surface area contributed by atoms with Crippen molar-refractivity contribution in [1.29, 1.82) is 0 Å². The molecule has 0 amide bonds. The third-order valence-electron chi connectivity index (χ3n) is 2.90. The van der Waals surface area contributed by atoms with E-state index in [1.54, 1.807) is 7.11 Å². The molecule has 0 aliphatic rings. The Kier molecular flexibility index (Phi) is 5.19. The van der Waals surface area contributed by atoms with E-state index in [9.17, 15) is 0 Å². The van der Waals surface area contributed by atoms with Gasteiger partial charge in [0.2, 0.25) is 0 Å². The average Bonchev–Trinajstić information content (AvgIpc) is 2.37. The van der Waals surface area contributed by atoms with E-state index in [1.165, 1.54) is 5.56 Å². The van der Waals surface area contributed by atoms with E-state index < -0.39 is 0 Å². The molecule has 0 aliphatic heterocycles. The van der Waals surface area contributed by atoms with Gasteiger partial charge in [0.1, 0.15) is 5.75 Å². The molecule has 94 valence electrons. The van der Waals surface area contributed by atoms with E-state index in [0.717, 1.165) is 18.7 Å². The van der Waals surface area contributed by atoms with Crippen molar-refractivity contribution in [2.45, 2.75) is 18.9 Å². The van der Waals surface area contributed by atoms with Crippen molar-refractivity contribution in [2.24, 2.45) is 5.73 Å². The summed E-state index contributed by atoms with van der Waals surface area (Å²) in [4.78, 5) is 0. The monoisotopic (exact) mass is 234 g/mol. The summed E-state index contributed by atoms with van der Waals surface area (Å²) < 4.78 is 5.35. The van der Waals surface area contributed by atoms with Gasteiger partial charge in [0.05, 0.1) is 7.11 Å². The van der Waals surface area contributed by atoms with Crippen LogP contribution in [0.2, 0.25) is 0 Å². The Bertz CT molecular complexity index is 365. The van der Waals surface area contributed by atoms with E-state index >= 15 is 0 Å². The highest BCUT2D eigenvalue weighted by Gasteiger charge is 2.23. The van der Waals surface area contributed by atoms with E-state index in [0.29, 0.717) is 6.54 Å². The van der Waals surface area contributed by atoms with Crippen LogP contribution in [-0.4, -0.2) is 25.7 Å². The zero-order valence-corrected chi connectivity index (χ0v) is 10.7. The standard InChI is InChI=1S/C14H22N2O/c1-4-9-16-14(2,11-15)10-12-7-5-6-8-13(12)17-3/h4-8,16H,1,9-11,15H2,2-3H3. The quantitative estimate of drug-likeness (QED) is 0.706. The first-order valence-electron chi connectivity index (χ1n) is 5.83. The van der Waals surface area contributed by atoms with E-state index in [2.05, 4.69) is 24.9 Å². The van der Waals surface area contributed by atoms with Crippen LogP contribution in [-0.2, 0) is 6.42 Å². The number of ether oxygens (including phenoxy) is 1. The molecular formula is C14H22N2O. The van der Waals surface area contributed by atoms with Crippen LogP contribution in [0.5, 0.6) is 5.75 Å². The Morgan fingerprint density at radius 2 is 2.18 bits per heavy atom. The van der Waals surface area contributed by atoms with Gasteiger partial charge in [-0.15, -0.1) is 6.58 Å². The van der Waals surface area contributed by atoms with Crippen molar-refractivity contribution in [2.75, 3.05) is 20.2 Å². The van der Waals surface area contributed by atoms with Crippen molar-refractivity contribution in [3.05, 3.63) is 42.5 Å². The van der Waals surface area contributed by atoms with Crippen molar-refractivity contribution < 1.29 is 4.74 Å². The molecule has 17 heavy (non-hydrogen) atoms. The number of hydrogen-bond acceptors (Lipinski definition) is 3. The first kappa shape index (κ1) is 13.7. The van der Waals surface area contributed by atoms with E-state index in [4.69, 9.17) is 10.5 Å². The van der Waals surface area contributed by atoms with Crippen LogP contribution in [0.3, 0.4) is 0 Å². The summed E-state index contributed by atoms with van der Waals surface area (Å²) in [5.41, 5.74) is 6.88. The number of nitrogens with two attached hydrogens (primary N) is 1. The molecule has 0 bridgehead atoms. The Hall–Kier alpha value is -1.32. The fourth-order valence-electron chi connectivity index (χ4n) is 1.79. The van der Waals surface area contributed by atoms with E-state index in [-0.39, 0.29) is 5.54 Å². The largest absolute Gasteiger partial charge is 0.496 e. The summed E-state index contributed by atoms with van der Waals surface area (Å²) in [6.45, 7) is 7.15. The summed E-state index contributed by atoms with van der Waals surface area (Å²) in [5, 5.41) is 3.40. The molecule has 1 aromatic rings. The van der Waals surface area contributed by atoms with Crippen molar-refractivity contribution in [1.82, 2.24) is 5.32 Å². The van der Waals surface area contributed by atoms with Gasteiger partial charge >= 0.3 is 0 Å². The first-order chi connectivity index (χ1) is 8.15. The van der Waals surface area contributed by atoms with Crippen LogP contribution in [0.4, 0.5) is 0 Å². The summed E-state index contributed by atoms with van der Waals surface area (Å²) in [6, 6.07) is 8.03. The third kappa shape index (κ3) is 3.88. The van der Waals surface area contributed by atoms with Crippen LogP contribution in [0.25, 0.3) is 0 Å². The molecule has 1 unspecified atom stereocenters. The maximum Gasteiger partial charge on any atom is 0.122 e. The van der Waals surface area contributed by atoms with Crippen LogP contribution in [0.1, 0.15) is 12.5 Å². The number of methoxy groups -OCH3 is 1. The van der Waals surface area contributed by atoms with Crippen LogP contribution in [0, 0.1) is 0 Å². The minimum Gasteiger partial charge on any atom is -0.496 e. The van der Waals surface area contributed by atoms with Crippen molar-refractivity contribution in [3.63, 3.8) is 0 Å². The lowest BCUT2D eigenvalue weighted by Crippen LogP contribution is -2.50. The molecule has 0 saturated carbocycles. The minimum absolute atomic E-state index is 0.136. The molecule has 0 spiro atoms. The van der Waals surface area contributed by atoms with Gasteiger partial charge in [-0.3, -0.25) is 0 Å². The van der Waals surface area contributed by atoms with Crippen molar-refractivity contribution in [3.8, 4) is 5.75 Å². The molecular weight excluding hydrogens is 212 g/mol. The molecule has 0 radical (unpaired) electrons. The molecule has 0 fully saturated rings. The van der Waals surface area contributed by atoms with Gasteiger partial charge in [-0.05, 0) is 25.0 Å². The second kappa shape index (κ2) is 6.42. The van der Waals surface area contributed by atoms with Crippen LogP contribution < -0.4 is 15.8 Å². The minimum atomic E-state index is -0.136. The number of benzene rings is 1. The molecule has 3 heteroatoms. The van der Waals surface area contributed by atoms with Gasteiger partial charge in [0.15, 0.2) is 0 Å². The number of para-hydroxylation sites is 1. The molecule has 3 nitrogen and oxygen atoms in total. The number of nitrogens with one attached hydrogen (secondary N) is 1. The third-order valence-corrected chi connectivity index (χ3v) is 2.90. The van der Waals surface area contributed by atoms with Gasteiger partial charge in [0.25, 0.3) is 0 Å². The van der Waals surface area contributed by atoms with Crippen LogP contribution in [0.15, 0.2) is 36.9 Å². The summed E-state index contributed by atoms with van der Waals surface area (Å²) >= 11 is 0. The predicted octanol–water partition coefficient (Wildman–Crippen LogP) is 1.73. The summed E-state index contributed by atoms with van der Waals surface area (Å²) in [6.07, 6.45) is 2.68. The highest BCUT2D eigenvalue weighted by molar-refractivity contribution is 5.34. The molecule has 1 rings (SSSR count). The van der Waals surface area contributed by atoms with Gasteiger partial charge in [-0.25, -0.2) is 0 Å². The molecule has 3 N–H and O–H groups in total. The lowest BCUT2D eigenvalue weighted by Gasteiger charge is -2.29. The SMILES string of the molecule is C=CCNC(C)(CN)Cc1ccccc1OC. The lowest BCUT2D eigenvalue weighted by molar-refractivity contribution is 0.362. The second-order valence-electron chi connectivity index (χ2n) is 4.42. The second-order valence-corrected chi connectivity index (χ2v) is 4.42.